The second-order valence-electron chi connectivity index (χ2n) is 4.68. The van der Waals surface area contributed by atoms with Crippen molar-refractivity contribution in [1.29, 1.82) is 0 Å². The summed E-state index contributed by atoms with van der Waals surface area (Å²) in [6, 6.07) is 5.93. The fourth-order valence-electron chi connectivity index (χ4n) is 2.00. The molecule has 0 saturated carbocycles. The molecule has 0 atom stereocenters. The van der Waals surface area contributed by atoms with Gasteiger partial charge in [0.15, 0.2) is 5.13 Å². The van der Waals surface area contributed by atoms with Crippen molar-refractivity contribution in [2.45, 2.75) is 27.3 Å². The van der Waals surface area contributed by atoms with Gasteiger partial charge in [0.05, 0.1) is 29.1 Å². The molecule has 0 amide bonds. The van der Waals surface area contributed by atoms with E-state index in [1.54, 1.807) is 11.3 Å². The van der Waals surface area contributed by atoms with Crippen LogP contribution < -0.4 is 10.1 Å². The summed E-state index contributed by atoms with van der Waals surface area (Å²) < 4.78 is 12.1. The SMILES string of the molecule is CCOc1ccc2nc(NCc3nc(C)c(C)o3)sc2c1. The number of benzene rings is 1. The van der Waals surface area contributed by atoms with Crippen LogP contribution in [0.4, 0.5) is 5.13 Å². The van der Waals surface area contributed by atoms with E-state index in [0.29, 0.717) is 19.0 Å². The van der Waals surface area contributed by atoms with E-state index < -0.39 is 0 Å². The summed E-state index contributed by atoms with van der Waals surface area (Å²) in [7, 11) is 0. The fourth-order valence-corrected chi connectivity index (χ4v) is 2.89. The highest BCUT2D eigenvalue weighted by atomic mass is 32.1. The normalized spacial score (nSPS) is 11.0. The molecule has 1 aromatic carbocycles. The van der Waals surface area contributed by atoms with Crippen molar-refractivity contribution in [2.24, 2.45) is 0 Å². The number of thiazole rings is 1. The average Bonchev–Trinajstić information content (AvgIpc) is 3.00. The Morgan fingerprint density at radius 1 is 1.29 bits per heavy atom. The highest BCUT2D eigenvalue weighted by Gasteiger charge is 2.08. The van der Waals surface area contributed by atoms with Gasteiger partial charge in [-0.3, -0.25) is 0 Å². The molecule has 0 radical (unpaired) electrons. The van der Waals surface area contributed by atoms with Crippen LogP contribution in [0.1, 0.15) is 24.3 Å². The molecule has 1 N–H and O–H groups in total. The number of aryl methyl sites for hydroxylation is 2. The number of anilines is 1. The zero-order valence-corrected chi connectivity index (χ0v) is 13.1. The summed E-state index contributed by atoms with van der Waals surface area (Å²) in [5, 5.41) is 4.11. The first-order valence-corrected chi connectivity index (χ1v) is 7.67. The fraction of sp³-hybridized carbons (Fsp3) is 0.333. The molecule has 0 aliphatic heterocycles. The van der Waals surface area contributed by atoms with Gasteiger partial charge in [0.25, 0.3) is 0 Å². The lowest BCUT2D eigenvalue weighted by Crippen LogP contribution is -1.98. The summed E-state index contributed by atoms with van der Waals surface area (Å²) in [5.74, 6) is 2.41. The van der Waals surface area contributed by atoms with E-state index in [9.17, 15) is 0 Å². The Morgan fingerprint density at radius 3 is 2.86 bits per heavy atom. The molecule has 5 nitrogen and oxygen atoms in total. The van der Waals surface area contributed by atoms with Gasteiger partial charge in [0.2, 0.25) is 5.89 Å². The van der Waals surface area contributed by atoms with Crippen molar-refractivity contribution in [3.63, 3.8) is 0 Å². The number of nitrogens with one attached hydrogen (secondary N) is 1. The molecule has 0 unspecified atom stereocenters. The van der Waals surface area contributed by atoms with E-state index in [0.717, 1.165) is 32.6 Å². The van der Waals surface area contributed by atoms with Crippen LogP contribution in [0.15, 0.2) is 22.6 Å². The lowest BCUT2D eigenvalue weighted by atomic mass is 10.3. The lowest BCUT2D eigenvalue weighted by molar-refractivity contribution is 0.341. The molecule has 0 bridgehead atoms. The maximum Gasteiger partial charge on any atom is 0.214 e. The van der Waals surface area contributed by atoms with E-state index in [2.05, 4.69) is 15.3 Å². The molecule has 3 aromatic rings. The number of fused-ring (bicyclic) bond motifs is 1. The number of aromatic nitrogens is 2. The Kier molecular flexibility index (Phi) is 3.79. The van der Waals surface area contributed by atoms with E-state index >= 15 is 0 Å². The van der Waals surface area contributed by atoms with Crippen molar-refractivity contribution in [3.8, 4) is 5.75 Å². The standard InChI is InChI=1S/C15H17N3O2S/c1-4-19-11-5-6-12-13(7-11)21-15(18-12)16-8-14-17-9(2)10(3)20-14/h5-7H,4,8H2,1-3H3,(H,16,18). The first-order chi connectivity index (χ1) is 10.2. The summed E-state index contributed by atoms with van der Waals surface area (Å²) in [6.45, 7) is 7.03. The van der Waals surface area contributed by atoms with Crippen LogP contribution in [0.2, 0.25) is 0 Å². The van der Waals surface area contributed by atoms with Gasteiger partial charge in [-0.2, -0.15) is 0 Å². The third-order valence-corrected chi connectivity index (χ3v) is 4.11. The minimum atomic E-state index is 0.535. The van der Waals surface area contributed by atoms with Crippen LogP contribution >= 0.6 is 11.3 Å². The van der Waals surface area contributed by atoms with Crippen LogP contribution in [0.5, 0.6) is 5.75 Å². The van der Waals surface area contributed by atoms with Crippen molar-refractivity contribution < 1.29 is 9.15 Å². The van der Waals surface area contributed by atoms with Crippen LogP contribution in [0.3, 0.4) is 0 Å². The van der Waals surface area contributed by atoms with Gasteiger partial charge in [-0.25, -0.2) is 9.97 Å². The minimum absolute atomic E-state index is 0.535. The molecule has 3 rings (SSSR count). The third kappa shape index (κ3) is 3.00. The summed E-state index contributed by atoms with van der Waals surface area (Å²) in [5.41, 5.74) is 1.89. The molecule has 21 heavy (non-hydrogen) atoms. The molecule has 6 heteroatoms. The van der Waals surface area contributed by atoms with Gasteiger partial charge in [-0.15, -0.1) is 0 Å². The summed E-state index contributed by atoms with van der Waals surface area (Å²) >= 11 is 1.60. The minimum Gasteiger partial charge on any atom is -0.494 e. The zero-order valence-electron chi connectivity index (χ0n) is 12.3. The Balaban J connectivity index is 1.74. The predicted molar refractivity (Wildman–Crippen MR) is 84.1 cm³/mol. The number of oxazole rings is 1. The van der Waals surface area contributed by atoms with Gasteiger partial charge < -0.3 is 14.5 Å². The number of nitrogens with zero attached hydrogens (tertiary/aromatic N) is 2. The smallest absolute Gasteiger partial charge is 0.214 e. The van der Waals surface area contributed by atoms with Crippen LogP contribution in [0, 0.1) is 13.8 Å². The second-order valence-corrected chi connectivity index (χ2v) is 5.71. The first-order valence-electron chi connectivity index (χ1n) is 6.86. The number of rotatable bonds is 5. The molecule has 2 heterocycles. The Labute approximate surface area is 127 Å². The number of hydrogen-bond donors (Lipinski definition) is 1. The first kappa shape index (κ1) is 13.9. The molecular formula is C15H17N3O2S. The van der Waals surface area contributed by atoms with Gasteiger partial charge in [-0.05, 0) is 39.0 Å². The average molecular weight is 303 g/mol. The van der Waals surface area contributed by atoms with Gasteiger partial charge in [-0.1, -0.05) is 11.3 Å². The summed E-state index contributed by atoms with van der Waals surface area (Å²) in [6.07, 6.45) is 0. The quantitative estimate of drug-likeness (QED) is 0.774. The van der Waals surface area contributed by atoms with Crippen LogP contribution in [-0.2, 0) is 6.54 Å². The van der Waals surface area contributed by atoms with E-state index in [1.165, 1.54) is 0 Å². The molecule has 0 aliphatic carbocycles. The molecule has 0 saturated heterocycles. The Bertz CT molecular complexity index is 744. The largest absolute Gasteiger partial charge is 0.494 e. The second kappa shape index (κ2) is 5.73. The molecular weight excluding hydrogens is 286 g/mol. The molecule has 0 fully saturated rings. The maximum atomic E-state index is 5.54. The van der Waals surface area contributed by atoms with Gasteiger partial charge >= 0.3 is 0 Å². The predicted octanol–water partition coefficient (Wildman–Crippen LogP) is 3.91. The maximum absolute atomic E-state index is 5.54. The van der Waals surface area contributed by atoms with Crippen molar-refractivity contribution in [3.05, 3.63) is 35.5 Å². The zero-order chi connectivity index (χ0) is 14.8. The topological polar surface area (TPSA) is 60.2 Å². The van der Waals surface area contributed by atoms with E-state index in [-0.39, 0.29) is 0 Å². The van der Waals surface area contributed by atoms with E-state index in [1.807, 2.05) is 39.0 Å². The lowest BCUT2D eigenvalue weighted by Gasteiger charge is -2.00. The number of hydrogen-bond acceptors (Lipinski definition) is 6. The van der Waals surface area contributed by atoms with Gasteiger partial charge in [0.1, 0.15) is 11.5 Å². The monoisotopic (exact) mass is 303 g/mol. The molecule has 110 valence electrons. The summed E-state index contributed by atoms with van der Waals surface area (Å²) in [4.78, 5) is 8.89. The van der Waals surface area contributed by atoms with E-state index in [4.69, 9.17) is 9.15 Å². The van der Waals surface area contributed by atoms with Crippen molar-refractivity contribution in [1.82, 2.24) is 9.97 Å². The van der Waals surface area contributed by atoms with Crippen LogP contribution in [-0.4, -0.2) is 16.6 Å². The van der Waals surface area contributed by atoms with Crippen LogP contribution in [0.25, 0.3) is 10.2 Å². The number of ether oxygens (including phenoxy) is 1. The highest BCUT2D eigenvalue weighted by molar-refractivity contribution is 7.22. The Morgan fingerprint density at radius 2 is 2.14 bits per heavy atom. The molecule has 2 aromatic heterocycles. The molecule has 0 spiro atoms. The van der Waals surface area contributed by atoms with Gasteiger partial charge in [0, 0.05) is 0 Å². The third-order valence-electron chi connectivity index (χ3n) is 3.13. The van der Waals surface area contributed by atoms with Crippen molar-refractivity contribution in [2.75, 3.05) is 11.9 Å². The van der Waals surface area contributed by atoms with Crippen molar-refractivity contribution >= 4 is 26.7 Å². The Hall–Kier alpha value is -2.08. The molecule has 0 aliphatic rings. The highest BCUT2D eigenvalue weighted by Crippen LogP contribution is 2.29.